The van der Waals surface area contributed by atoms with E-state index in [9.17, 15) is 4.79 Å². The summed E-state index contributed by atoms with van der Waals surface area (Å²) in [6.45, 7) is 6.27. The van der Waals surface area contributed by atoms with Gasteiger partial charge in [0.15, 0.2) is 0 Å². The van der Waals surface area contributed by atoms with Gasteiger partial charge in [0.1, 0.15) is 0 Å². The van der Waals surface area contributed by atoms with Gasteiger partial charge in [0.25, 0.3) is 0 Å². The van der Waals surface area contributed by atoms with Crippen LogP contribution in [0, 0.1) is 5.92 Å². The Labute approximate surface area is 126 Å². The smallest absolute Gasteiger partial charge is 0.225 e. The van der Waals surface area contributed by atoms with Crippen molar-refractivity contribution in [1.29, 1.82) is 0 Å². The number of carbonyl (C=O) groups excluding carboxylic acids is 1. The molecule has 1 fully saturated rings. The van der Waals surface area contributed by atoms with Crippen LogP contribution < -0.4 is 10.6 Å². The van der Waals surface area contributed by atoms with Gasteiger partial charge in [-0.2, -0.15) is 0 Å². The lowest BCUT2D eigenvalue weighted by molar-refractivity contribution is -0.125. The first kappa shape index (κ1) is 14.4. The van der Waals surface area contributed by atoms with E-state index >= 15 is 0 Å². The van der Waals surface area contributed by atoms with Crippen molar-refractivity contribution < 1.29 is 4.79 Å². The molecule has 1 saturated heterocycles. The lowest BCUT2D eigenvalue weighted by atomic mass is 9.92. The number of anilines is 1. The second kappa shape index (κ2) is 6.48. The highest BCUT2D eigenvalue weighted by Crippen LogP contribution is 2.24. The quantitative estimate of drug-likeness (QED) is 0.892. The van der Waals surface area contributed by atoms with Crippen LogP contribution >= 0.6 is 0 Å². The van der Waals surface area contributed by atoms with E-state index in [2.05, 4.69) is 34.6 Å². The van der Waals surface area contributed by atoms with Crippen molar-refractivity contribution in [3.8, 4) is 0 Å². The Morgan fingerprint density at radius 3 is 2.86 bits per heavy atom. The molecule has 4 nitrogen and oxygen atoms in total. The second-order valence-electron chi connectivity index (χ2n) is 6.16. The van der Waals surface area contributed by atoms with Crippen LogP contribution in [-0.2, 0) is 11.2 Å². The molecule has 4 heteroatoms. The molecule has 0 spiro atoms. The van der Waals surface area contributed by atoms with E-state index in [4.69, 9.17) is 0 Å². The average molecular weight is 287 g/mol. The summed E-state index contributed by atoms with van der Waals surface area (Å²) in [7, 11) is 0. The number of carbonyl (C=O) groups is 1. The molecule has 1 atom stereocenters. The fourth-order valence-corrected chi connectivity index (χ4v) is 3.34. The number of hydrogen-bond donors (Lipinski definition) is 2. The Bertz CT molecular complexity index is 495. The first-order chi connectivity index (χ1) is 10.3. The lowest BCUT2D eigenvalue weighted by Gasteiger charge is -2.33. The third kappa shape index (κ3) is 3.38. The second-order valence-corrected chi connectivity index (χ2v) is 6.16. The highest BCUT2D eigenvalue weighted by Gasteiger charge is 2.27. The molecule has 1 amide bonds. The topological polar surface area (TPSA) is 44.4 Å². The zero-order chi connectivity index (χ0) is 14.7. The number of piperidine rings is 1. The van der Waals surface area contributed by atoms with E-state index < -0.39 is 0 Å². The van der Waals surface area contributed by atoms with Crippen molar-refractivity contribution in [2.45, 2.75) is 32.2 Å². The van der Waals surface area contributed by atoms with Crippen LogP contribution in [0.1, 0.15) is 25.3 Å². The molecule has 0 saturated carbocycles. The monoisotopic (exact) mass is 287 g/mol. The Kier molecular flexibility index (Phi) is 4.44. The van der Waals surface area contributed by atoms with Crippen molar-refractivity contribution in [3.05, 3.63) is 29.8 Å². The maximum atomic E-state index is 12.5. The molecule has 2 aliphatic heterocycles. The maximum absolute atomic E-state index is 12.5. The Morgan fingerprint density at radius 1 is 1.33 bits per heavy atom. The molecule has 2 aliphatic rings. The van der Waals surface area contributed by atoms with Crippen molar-refractivity contribution in [2.75, 3.05) is 31.5 Å². The van der Waals surface area contributed by atoms with E-state index in [1.165, 1.54) is 11.3 Å². The van der Waals surface area contributed by atoms with Gasteiger partial charge >= 0.3 is 0 Å². The molecule has 21 heavy (non-hydrogen) atoms. The van der Waals surface area contributed by atoms with Gasteiger partial charge in [-0.15, -0.1) is 0 Å². The summed E-state index contributed by atoms with van der Waals surface area (Å²) in [5.41, 5.74) is 2.43. The third-order valence-corrected chi connectivity index (χ3v) is 4.77. The molecule has 0 aromatic heterocycles. The molecule has 0 aliphatic carbocycles. The SMILES string of the molecule is CCN1CCC(NC(=O)C2CNc3ccccc3C2)CC1. The summed E-state index contributed by atoms with van der Waals surface area (Å²) in [5, 5.41) is 6.64. The van der Waals surface area contributed by atoms with Gasteiger partial charge < -0.3 is 15.5 Å². The predicted octanol–water partition coefficient (Wildman–Crippen LogP) is 1.87. The number of amides is 1. The summed E-state index contributed by atoms with van der Waals surface area (Å²) in [6.07, 6.45) is 3.01. The van der Waals surface area contributed by atoms with Crippen molar-refractivity contribution in [3.63, 3.8) is 0 Å². The molecule has 1 unspecified atom stereocenters. The number of hydrogen-bond acceptors (Lipinski definition) is 3. The van der Waals surface area contributed by atoms with Gasteiger partial charge in [0, 0.05) is 31.4 Å². The van der Waals surface area contributed by atoms with E-state index in [1.807, 2.05) is 12.1 Å². The van der Waals surface area contributed by atoms with Crippen LogP contribution in [0.15, 0.2) is 24.3 Å². The number of rotatable bonds is 3. The van der Waals surface area contributed by atoms with Crippen LogP contribution in [0.3, 0.4) is 0 Å². The first-order valence-corrected chi connectivity index (χ1v) is 8.10. The summed E-state index contributed by atoms with van der Waals surface area (Å²) in [5.74, 6) is 0.274. The normalized spacial score (nSPS) is 23.2. The summed E-state index contributed by atoms with van der Waals surface area (Å²) >= 11 is 0. The van der Waals surface area contributed by atoms with E-state index in [0.29, 0.717) is 6.04 Å². The molecule has 2 heterocycles. The van der Waals surface area contributed by atoms with E-state index in [-0.39, 0.29) is 11.8 Å². The maximum Gasteiger partial charge on any atom is 0.225 e. The molecule has 1 aromatic rings. The van der Waals surface area contributed by atoms with Gasteiger partial charge in [-0.3, -0.25) is 4.79 Å². The highest BCUT2D eigenvalue weighted by molar-refractivity contribution is 5.81. The van der Waals surface area contributed by atoms with Gasteiger partial charge in [-0.05, 0) is 37.4 Å². The molecule has 3 rings (SSSR count). The van der Waals surface area contributed by atoms with Gasteiger partial charge in [0.2, 0.25) is 5.91 Å². The zero-order valence-electron chi connectivity index (χ0n) is 12.8. The number of fused-ring (bicyclic) bond motifs is 1. The summed E-state index contributed by atoms with van der Waals surface area (Å²) < 4.78 is 0. The van der Waals surface area contributed by atoms with Crippen molar-refractivity contribution >= 4 is 11.6 Å². The summed E-state index contributed by atoms with van der Waals surface area (Å²) in [4.78, 5) is 14.9. The molecule has 114 valence electrons. The highest BCUT2D eigenvalue weighted by atomic mass is 16.2. The van der Waals surface area contributed by atoms with E-state index in [1.54, 1.807) is 0 Å². The molecular weight excluding hydrogens is 262 g/mol. The Balaban J connectivity index is 1.53. The minimum Gasteiger partial charge on any atom is -0.384 e. The van der Waals surface area contributed by atoms with Crippen LogP contribution in [0.2, 0.25) is 0 Å². The summed E-state index contributed by atoms with van der Waals surface area (Å²) in [6, 6.07) is 8.64. The average Bonchev–Trinajstić information content (AvgIpc) is 2.55. The zero-order valence-corrected chi connectivity index (χ0v) is 12.8. The minimum atomic E-state index is 0.0594. The predicted molar refractivity (Wildman–Crippen MR) is 85.4 cm³/mol. The number of nitrogens with zero attached hydrogens (tertiary/aromatic N) is 1. The van der Waals surface area contributed by atoms with Crippen molar-refractivity contribution in [2.24, 2.45) is 5.92 Å². The third-order valence-electron chi connectivity index (χ3n) is 4.77. The van der Waals surface area contributed by atoms with Crippen LogP contribution in [0.5, 0.6) is 0 Å². The largest absolute Gasteiger partial charge is 0.384 e. The standard InChI is InChI=1S/C17H25N3O/c1-2-20-9-7-15(8-10-20)19-17(21)14-11-13-5-3-4-6-16(13)18-12-14/h3-6,14-15,18H,2,7-12H2,1H3,(H,19,21). The lowest BCUT2D eigenvalue weighted by Crippen LogP contribution is -2.48. The molecule has 2 N–H and O–H groups in total. The fraction of sp³-hybridized carbons (Fsp3) is 0.588. The Morgan fingerprint density at radius 2 is 2.10 bits per heavy atom. The van der Waals surface area contributed by atoms with Gasteiger partial charge in [-0.1, -0.05) is 25.1 Å². The molecular formula is C17H25N3O. The van der Waals surface area contributed by atoms with Crippen LogP contribution in [0.4, 0.5) is 5.69 Å². The fourth-order valence-electron chi connectivity index (χ4n) is 3.34. The Hall–Kier alpha value is -1.55. The molecule has 0 radical (unpaired) electrons. The van der Waals surface area contributed by atoms with Gasteiger partial charge in [0.05, 0.1) is 5.92 Å². The first-order valence-electron chi connectivity index (χ1n) is 8.10. The number of nitrogens with one attached hydrogen (secondary N) is 2. The molecule has 1 aromatic carbocycles. The van der Waals surface area contributed by atoms with E-state index in [0.717, 1.165) is 45.4 Å². The van der Waals surface area contributed by atoms with Crippen LogP contribution in [-0.4, -0.2) is 43.0 Å². The van der Waals surface area contributed by atoms with Crippen molar-refractivity contribution in [1.82, 2.24) is 10.2 Å². The van der Waals surface area contributed by atoms with Crippen LogP contribution in [0.25, 0.3) is 0 Å². The number of likely N-dealkylation sites (tertiary alicyclic amines) is 1. The molecule has 0 bridgehead atoms. The minimum absolute atomic E-state index is 0.0594. The number of para-hydroxylation sites is 1. The van der Waals surface area contributed by atoms with Gasteiger partial charge in [-0.25, -0.2) is 0 Å². The number of benzene rings is 1.